The normalized spacial score (nSPS) is 28.7. The van der Waals surface area contributed by atoms with Crippen LogP contribution < -0.4 is 37.6 Å². The number of nitrogens with one attached hydrogen (secondary N) is 6. The monoisotopic (exact) mass is 1110 g/mol. The molecule has 0 saturated carbocycles. The fourth-order valence-corrected chi connectivity index (χ4v) is 9.78. The first-order valence-electron chi connectivity index (χ1n) is 26.4. The number of fused-ring (bicyclic) bond motifs is 11. The first-order chi connectivity index (χ1) is 36.8. The van der Waals surface area contributed by atoms with Crippen molar-refractivity contribution in [3.8, 4) is 0 Å². The minimum Gasteiger partial charge on any atom is -0.492 e. The van der Waals surface area contributed by atoms with Crippen LogP contribution in [0.15, 0.2) is 66.0 Å². The number of thioether (sulfide) groups is 1. The van der Waals surface area contributed by atoms with Gasteiger partial charge in [-0.15, -0.1) is 0 Å². The van der Waals surface area contributed by atoms with Crippen LogP contribution >= 0.6 is 11.8 Å². The number of aliphatic hydroxyl groups is 3. The fraction of sp³-hybridized carbons (Fsp3) is 0.611. The Morgan fingerprint density at radius 2 is 1.55 bits per heavy atom. The molecule has 3 heterocycles. The van der Waals surface area contributed by atoms with Crippen LogP contribution in [0.4, 0.5) is 0 Å². The summed E-state index contributed by atoms with van der Waals surface area (Å²) >= 11 is 1.36. The summed E-state index contributed by atoms with van der Waals surface area (Å²) in [5.41, 5.74) is 4.84. The number of aliphatic hydroxyl groups excluding tert-OH is 2. The summed E-state index contributed by atoms with van der Waals surface area (Å²) in [5.74, 6) is -10.2. The van der Waals surface area contributed by atoms with Gasteiger partial charge in [-0.1, -0.05) is 77.4 Å². The lowest BCUT2D eigenvalue weighted by molar-refractivity contribution is -0.160. The number of hydrogen-bond acceptors (Lipinski definition) is 17. The third kappa shape index (κ3) is 18.1. The largest absolute Gasteiger partial charge is 0.492 e. The number of likely N-dealkylation sites (N-methyl/N-ethyl adjacent to an activating group) is 1. The van der Waals surface area contributed by atoms with Gasteiger partial charge in [0.25, 0.3) is 0 Å². The molecule has 1 unspecified atom stereocenters. The van der Waals surface area contributed by atoms with E-state index in [4.69, 9.17) is 19.9 Å². The highest BCUT2D eigenvalue weighted by Crippen LogP contribution is 2.30. The molecule has 11 N–H and O–H groups in total. The average Bonchev–Trinajstić information content (AvgIpc) is 3.42. The molecule has 4 bridgehead atoms. The summed E-state index contributed by atoms with van der Waals surface area (Å²) in [4.78, 5) is 130. The molecule has 1 aliphatic carbocycles. The number of hydrogen-bond donors (Lipinski definition) is 10. The summed E-state index contributed by atoms with van der Waals surface area (Å²) in [7, 11) is 1.33. The Bertz CT molecular complexity index is 2390. The number of cyclic esters (lactones) is 1. The molecule has 3 aliphatic heterocycles. The number of amides is 7. The smallest absolute Gasteiger partial charge is 0.332 e. The molecular weight excluding hydrogens is 1030 g/mol. The second kappa shape index (κ2) is 30.1. The Morgan fingerprint density at radius 3 is 2.17 bits per heavy atom. The number of carbonyl (C=O) groups is 9. The summed E-state index contributed by atoms with van der Waals surface area (Å²) in [6.07, 6.45) is 0.833. The highest BCUT2D eigenvalue weighted by atomic mass is 32.2. The number of nitrogens with zero attached hydrogens (tertiary/aromatic N) is 1. The van der Waals surface area contributed by atoms with Crippen molar-refractivity contribution in [2.45, 2.75) is 154 Å². The highest BCUT2D eigenvalue weighted by molar-refractivity contribution is 7.99. The number of esters is 2. The fourth-order valence-electron chi connectivity index (χ4n) is 8.61. The minimum absolute atomic E-state index is 0.0557. The molecule has 432 valence electrons. The SMILES string of the molecule is CC[C@H](C)[C@H]1NC(=O)[C@@H](NC(=O)[C@H](C)[C@H](O)C(C)C)[C@@H](C)OC(=O)[C@@H]2COC(=O)CNC(=O)/C=C/[C@](O)(CSCCCN)[C@@H](C)OC3=CC=C(CC3)[C@H](NC1=O)C(=O)N(C)C(Cc1ccccc1)C(=O)N[C@H]([C@@H](C)O)C(=O)N2. The highest BCUT2D eigenvalue weighted by Gasteiger charge is 2.43. The summed E-state index contributed by atoms with van der Waals surface area (Å²) in [6.45, 7) is 10.8. The number of ether oxygens (including phenoxy) is 3. The van der Waals surface area contributed by atoms with Crippen LogP contribution in [-0.2, 0) is 63.8 Å². The van der Waals surface area contributed by atoms with Crippen molar-refractivity contribution in [1.29, 1.82) is 0 Å². The molecule has 0 radical (unpaired) electrons. The van der Waals surface area contributed by atoms with E-state index in [1.54, 1.807) is 77.1 Å². The van der Waals surface area contributed by atoms with Gasteiger partial charge in [-0.3, -0.25) is 38.4 Å². The zero-order valence-electron chi connectivity index (χ0n) is 45.9. The van der Waals surface area contributed by atoms with Crippen LogP contribution in [0.5, 0.6) is 0 Å². The Kier molecular flexibility index (Phi) is 24.8. The number of nitrogens with two attached hydrogens (primary N) is 1. The summed E-state index contributed by atoms with van der Waals surface area (Å²) < 4.78 is 17.5. The zero-order valence-corrected chi connectivity index (χ0v) is 46.8. The maximum Gasteiger partial charge on any atom is 0.332 e. The van der Waals surface area contributed by atoms with Crippen molar-refractivity contribution < 1.29 is 72.7 Å². The van der Waals surface area contributed by atoms with Gasteiger partial charge in [-0.2, -0.15) is 11.8 Å². The van der Waals surface area contributed by atoms with E-state index < -0.39 is 150 Å². The maximum absolute atomic E-state index is 15.3. The van der Waals surface area contributed by atoms with Gasteiger partial charge >= 0.3 is 11.9 Å². The van der Waals surface area contributed by atoms with Gasteiger partial charge in [0.2, 0.25) is 41.4 Å². The Hall–Kier alpha value is -6.34. The molecule has 13 atom stereocenters. The van der Waals surface area contributed by atoms with E-state index in [2.05, 4.69) is 31.9 Å². The molecule has 23 nitrogen and oxygen atoms in total. The number of allylic oxidation sites excluding steroid dienone is 3. The minimum atomic E-state index is -1.97. The lowest BCUT2D eigenvalue weighted by Gasteiger charge is -2.35. The molecule has 0 aromatic heterocycles. The molecule has 7 amide bonds. The van der Waals surface area contributed by atoms with Crippen LogP contribution in [0.25, 0.3) is 0 Å². The van der Waals surface area contributed by atoms with E-state index in [1.165, 1.54) is 45.7 Å². The van der Waals surface area contributed by atoms with Crippen LogP contribution in [0, 0.1) is 17.8 Å². The summed E-state index contributed by atoms with van der Waals surface area (Å²) in [6, 6.07) is -1.44. The van der Waals surface area contributed by atoms with Crippen molar-refractivity contribution in [2.24, 2.45) is 23.5 Å². The molecule has 1 aromatic carbocycles. The third-order valence-electron chi connectivity index (χ3n) is 14.1. The standard InChI is InChI=1S/C54H80N8O15S/c1-10-30(4)42-49(69)61-45-36-17-19-37(20-18-36)77-34(8)54(74,28-78-24-14-23-55)22-21-40(64)56-26-41(65)75-27-38(53(73)76-33(7)44(51(71)58-42)60-47(67)31(5)46(66)29(2)3)57-50(70)43(32(6)63)59-48(68)39(62(9)52(45)72)25-35-15-12-11-13-16-35/h11-13,15-17,19,21-22,29-34,38-39,42-46,63,66,74H,10,14,18,20,23-28,55H2,1-9H3,(H,56,64)(H,57,70)(H,58,71)(H,59,68)(H,60,67)(H,61,69)/b22-21+/t30-,31+,32+,33+,34+,38-,39?,42+,43+,44-,45-,46+,54-/m0/s1. The molecule has 78 heavy (non-hydrogen) atoms. The van der Waals surface area contributed by atoms with Gasteiger partial charge in [0.05, 0.1) is 23.9 Å². The molecule has 24 heteroatoms. The van der Waals surface area contributed by atoms with E-state index in [9.17, 15) is 53.7 Å². The van der Waals surface area contributed by atoms with E-state index >= 15 is 4.79 Å². The Balaban J connectivity index is 2.02. The number of rotatable bonds is 14. The molecule has 4 aliphatic rings. The van der Waals surface area contributed by atoms with Gasteiger partial charge in [0.15, 0.2) is 6.04 Å². The van der Waals surface area contributed by atoms with Crippen molar-refractivity contribution in [1.82, 2.24) is 36.8 Å². The molecule has 1 aromatic rings. The van der Waals surface area contributed by atoms with Crippen LogP contribution in [0.2, 0.25) is 0 Å². The number of benzene rings is 1. The van der Waals surface area contributed by atoms with Gasteiger partial charge in [-0.05, 0) is 81.0 Å². The first-order valence-corrected chi connectivity index (χ1v) is 27.6. The maximum atomic E-state index is 15.3. The van der Waals surface area contributed by atoms with E-state index in [-0.39, 0.29) is 25.0 Å². The van der Waals surface area contributed by atoms with E-state index in [1.807, 2.05) is 0 Å². The van der Waals surface area contributed by atoms with Crippen molar-refractivity contribution >= 4 is 65.1 Å². The van der Waals surface area contributed by atoms with Crippen LogP contribution in [0.1, 0.15) is 86.6 Å². The van der Waals surface area contributed by atoms with Crippen LogP contribution in [0.3, 0.4) is 0 Å². The third-order valence-corrected chi connectivity index (χ3v) is 15.3. The predicted octanol–water partition coefficient (Wildman–Crippen LogP) is -0.443. The van der Waals surface area contributed by atoms with Crippen molar-refractivity contribution in [2.75, 3.05) is 38.2 Å². The van der Waals surface area contributed by atoms with Crippen molar-refractivity contribution in [3.63, 3.8) is 0 Å². The first kappa shape index (κ1) is 64.2. The molecule has 0 spiro atoms. The van der Waals surface area contributed by atoms with Gasteiger partial charge in [-0.25, -0.2) is 4.79 Å². The molecular formula is C54H80N8O15S. The second-order valence-electron chi connectivity index (χ2n) is 20.5. The molecule has 1 saturated heterocycles. The van der Waals surface area contributed by atoms with Crippen molar-refractivity contribution in [3.05, 3.63) is 71.5 Å². The van der Waals surface area contributed by atoms with Crippen LogP contribution in [-0.4, -0.2) is 178 Å². The predicted molar refractivity (Wildman–Crippen MR) is 288 cm³/mol. The number of carbonyl (C=O) groups excluding carboxylic acids is 9. The molecule has 1 fully saturated rings. The lowest BCUT2D eigenvalue weighted by Crippen LogP contribution is -2.62. The van der Waals surface area contributed by atoms with E-state index in [0.717, 1.165) is 11.0 Å². The van der Waals surface area contributed by atoms with Gasteiger partial charge in [0.1, 0.15) is 61.2 Å². The quantitative estimate of drug-likeness (QED) is 0.0834. The average molecular weight is 1110 g/mol. The summed E-state index contributed by atoms with van der Waals surface area (Å²) in [5, 5.41) is 49.3. The Morgan fingerprint density at radius 1 is 0.885 bits per heavy atom. The van der Waals surface area contributed by atoms with Gasteiger partial charge < -0.3 is 72.1 Å². The lowest BCUT2D eigenvalue weighted by atomic mass is 9.92. The molecule has 5 rings (SSSR count). The topological polar surface area (TPSA) is 343 Å². The second-order valence-corrected chi connectivity index (χ2v) is 21.6. The Labute approximate surface area is 460 Å². The van der Waals surface area contributed by atoms with E-state index in [0.29, 0.717) is 42.0 Å². The van der Waals surface area contributed by atoms with Gasteiger partial charge in [0, 0.05) is 31.7 Å². The zero-order chi connectivity index (χ0) is 58.0.